The zero-order valence-corrected chi connectivity index (χ0v) is 10.2. The Morgan fingerprint density at radius 3 is 2.50 bits per heavy atom. The van der Waals surface area contributed by atoms with Gasteiger partial charge in [0.2, 0.25) is 0 Å². The summed E-state index contributed by atoms with van der Waals surface area (Å²) in [5.74, 6) is 0.267. The second-order valence-corrected chi connectivity index (χ2v) is 3.78. The number of benzene rings is 2. The molecule has 0 atom stereocenters. The summed E-state index contributed by atoms with van der Waals surface area (Å²) >= 11 is 0. The number of rotatable bonds is 3. The predicted octanol–water partition coefficient (Wildman–Crippen LogP) is 3.09. The fraction of sp³-hybridized carbons (Fsp3) is 0.143. The Morgan fingerprint density at radius 2 is 1.83 bits per heavy atom. The number of methoxy groups -OCH3 is 2. The third kappa shape index (κ3) is 2.09. The van der Waals surface area contributed by atoms with Gasteiger partial charge < -0.3 is 15.2 Å². The van der Waals surface area contributed by atoms with Gasteiger partial charge in [-0.05, 0) is 29.8 Å². The third-order valence-electron chi connectivity index (χ3n) is 2.71. The molecule has 0 spiro atoms. The van der Waals surface area contributed by atoms with E-state index in [2.05, 4.69) is 0 Å². The lowest BCUT2D eigenvalue weighted by atomic mass is 10.0. The molecule has 0 aliphatic rings. The molecule has 4 heteroatoms. The van der Waals surface area contributed by atoms with E-state index >= 15 is 0 Å². The van der Waals surface area contributed by atoms with Crippen LogP contribution in [0.25, 0.3) is 11.1 Å². The molecule has 0 heterocycles. The fourth-order valence-electron chi connectivity index (χ4n) is 1.79. The van der Waals surface area contributed by atoms with Crippen molar-refractivity contribution in [3.63, 3.8) is 0 Å². The summed E-state index contributed by atoms with van der Waals surface area (Å²) in [4.78, 5) is 0. The van der Waals surface area contributed by atoms with E-state index in [1.165, 1.54) is 7.11 Å². The van der Waals surface area contributed by atoms with Gasteiger partial charge in [0.25, 0.3) is 0 Å². The average Bonchev–Trinajstić information content (AvgIpc) is 2.39. The molecule has 0 aliphatic carbocycles. The molecular weight excluding hydrogens is 233 g/mol. The maximum atomic E-state index is 14.2. The molecule has 2 aromatic carbocycles. The zero-order valence-electron chi connectivity index (χ0n) is 10.2. The maximum absolute atomic E-state index is 14.2. The molecule has 0 saturated carbocycles. The Labute approximate surface area is 105 Å². The molecule has 0 aromatic heterocycles. The highest BCUT2D eigenvalue weighted by Gasteiger charge is 2.14. The van der Waals surface area contributed by atoms with Crippen molar-refractivity contribution in [2.45, 2.75) is 0 Å². The molecule has 0 bridgehead atoms. The van der Waals surface area contributed by atoms with E-state index in [-0.39, 0.29) is 11.4 Å². The smallest absolute Gasteiger partial charge is 0.178 e. The first-order valence-corrected chi connectivity index (χ1v) is 5.43. The van der Waals surface area contributed by atoms with Crippen LogP contribution in [0, 0.1) is 5.82 Å². The molecule has 0 unspecified atom stereocenters. The molecule has 0 aliphatic heterocycles. The number of anilines is 1. The standard InChI is InChI=1S/C14H14FNO2/c1-17-10-5-3-4-9(8-10)11-6-7-12(16)14(18-2)13(11)15/h3-8H,16H2,1-2H3. The van der Waals surface area contributed by atoms with E-state index in [1.807, 2.05) is 0 Å². The van der Waals surface area contributed by atoms with Crippen molar-refractivity contribution in [3.05, 3.63) is 42.2 Å². The van der Waals surface area contributed by atoms with Crippen LogP contribution in [0.1, 0.15) is 0 Å². The Balaban J connectivity index is 2.57. The fourth-order valence-corrected chi connectivity index (χ4v) is 1.79. The van der Waals surface area contributed by atoms with Crippen LogP contribution in [0.2, 0.25) is 0 Å². The van der Waals surface area contributed by atoms with Gasteiger partial charge in [-0.2, -0.15) is 0 Å². The topological polar surface area (TPSA) is 44.5 Å². The van der Waals surface area contributed by atoms with Crippen molar-refractivity contribution in [2.75, 3.05) is 20.0 Å². The summed E-state index contributed by atoms with van der Waals surface area (Å²) in [7, 11) is 2.96. The SMILES string of the molecule is COc1cccc(-c2ccc(N)c(OC)c2F)c1. The lowest BCUT2D eigenvalue weighted by Gasteiger charge is -2.11. The van der Waals surface area contributed by atoms with E-state index in [4.69, 9.17) is 15.2 Å². The number of halogens is 1. The third-order valence-corrected chi connectivity index (χ3v) is 2.71. The highest BCUT2D eigenvalue weighted by molar-refractivity contribution is 5.71. The van der Waals surface area contributed by atoms with Crippen molar-refractivity contribution in [1.82, 2.24) is 0 Å². The highest BCUT2D eigenvalue weighted by atomic mass is 19.1. The van der Waals surface area contributed by atoms with Crippen LogP contribution in [0.5, 0.6) is 11.5 Å². The minimum atomic E-state index is -0.467. The summed E-state index contributed by atoms with van der Waals surface area (Å²) in [6, 6.07) is 10.4. The van der Waals surface area contributed by atoms with E-state index in [9.17, 15) is 4.39 Å². The number of nitrogen functional groups attached to an aromatic ring is 1. The van der Waals surface area contributed by atoms with Gasteiger partial charge in [-0.15, -0.1) is 0 Å². The van der Waals surface area contributed by atoms with Crippen LogP contribution in [0.3, 0.4) is 0 Å². The van der Waals surface area contributed by atoms with Crippen LogP contribution in [0.15, 0.2) is 36.4 Å². The van der Waals surface area contributed by atoms with Gasteiger partial charge in [-0.3, -0.25) is 0 Å². The quantitative estimate of drug-likeness (QED) is 0.848. The number of hydrogen-bond donors (Lipinski definition) is 1. The van der Waals surface area contributed by atoms with Gasteiger partial charge in [0.1, 0.15) is 5.75 Å². The molecule has 0 amide bonds. The van der Waals surface area contributed by atoms with E-state index in [1.54, 1.807) is 43.5 Å². The first-order chi connectivity index (χ1) is 8.67. The molecule has 0 fully saturated rings. The van der Waals surface area contributed by atoms with Crippen LogP contribution in [0.4, 0.5) is 10.1 Å². The van der Waals surface area contributed by atoms with Gasteiger partial charge in [0.15, 0.2) is 11.6 Å². The van der Waals surface area contributed by atoms with Gasteiger partial charge in [-0.25, -0.2) is 4.39 Å². The second-order valence-electron chi connectivity index (χ2n) is 3.78. The summed E-state index contributed by atoms with van der Waals surface area (Å²) in [5, 5.41) is 0. The molecule has 2 N–H and O–H groups in total. The Hall–Kier alpha value is -2.23. The molecule has 18 heavy (non-hydrogen) atoms. The van der Waals surface area contributed by atoms with E-state index < -0.39 is 5.82 Å². The Kier molecular flexibility index (Phi) is 3.37. The lowest BCUT2D eigenvalue weighted by molar-refractivity contribution is 0.389. The van der Waals surface area contributed by atoms with Gasteiger partial charge in [0, 0.05) is 5.56 Å². The number of ether oxygens (including phenoxy) is 2. The van der Waals surface area contributed by atoms with Crippen LogP contribution < -0.4 is 15.2 Å². The molecule has 0 saturated heterocycles. The van der Waals surface area contributed by atoms with Crippen molar-refractivity contribution < 1.29 is 13.9 Å². The molecular formula is C14H14FNO2. The molecule has 94 valence electrons. The zero-order chi connectivity index (χ0) is 13.1. The van der Waals surface area contributed by atoms with Gasteiger partial charge in [-0.1, -0.05) is 12.1 Å². The van der Waals surface area contributed by atoms with E-state index in [0.29, 0.717) is 16.9 Å². The lowest BCUT2D eigenvalue weighted by Crippen LogP contribution is -1.97. The minimum absolute atomic E-state index is 0.0651. The molecule has 2 aromatic rings. The van der Waals surface area contributed by atoms with Crippen LogP contribution in [-0.4, -0.2) is 14.2 Å². The van der Waals surface area contributed by atoms with Crippen molar-refractivity contribution in [3.8, 4) is 22.6 Å². The summed E-state index contributed by atoms with van der Waals surface area (Å²) in [6.45, 7) is 0. The maximum Gasteiger partial charge on any atom is 0.178 e. The largest absolute Gasteiger partial charge is 0.497 e. The molecule has 0 radical (unpaired) electrons. The van der Waals surface area contributed by atoms with Gasteiger partial charge >= 0.3 is 0 Å². The Morgan fingerprint density at radius 1 is 1.06 bits per heavy atom. The highest BCUT2D eigenvalue weighted by Crippen LogP contribution is 2.34. The number of hydrogen-bond acceptors (Lipinski definition) is 3. The second kappa shape index (κ2) is 4.96. The van der Waals surface area contributed by atoms with Gasteiger partial charge in [0.05, 0.1) is 19.9 Å². The summed E-state index contributed by atoms with van der Waals surface area (Å²) < 4.78 is 24.3. The van der Waals surface area contributed by atoms with Crippen LogP contribution >= 0.6 is 0 Å². The first kappa shape index (κ1) is 12.2. The minimum Gasteiger partial charge on any atom is -0.497 e. The summed E-state index contributed by atoms with van der Waals surface area (Å²) in [6.07, 6.45) is 0. The van der Waals surface area contributed by atoms with E-state index in [0.717, 1.165) is 0 Å². The average molecular weight is 247 g/mol. The van der Waals surface area contributed by atoms with Crippen molar-refractivity contribution >= 4 is 5.69 Å². The Bertz CT molecular complexity index is 570. The molecule has 2 rings (SSSR count). The number of nitrogens with two attached hydrogens (primary N) is 1. The van der Waals surface area contributed by atoms with Crippen LogP contribution in [-0.2, 0) is 0 Å². The van der Waals surface area contributed by atoms with Crippen molar-refractivity contribution in [1.29, 1.82) is 0 Å². The first-order valence-electron chi connectivity index (χ1n) is 5.43. The monoisotopic (exact) mass is 247 g/mol. The van der Waals surface area contributed by atoms with Crippen molar-refractivity contribution in [2.24, 2.45) is 0 Å². The normalized spacial score (nSPS) is 10.2. The summed E-state index contributed by atoms with van der Waals surface area (Å²) in [5.41, 5.74) is 7.07. The predicted molar refractivity (Wildman–Crippen MR) is 69.4 cm³/mol. The molecule has 3 nitrogen and oxygen atoms in total.